The van der Waals surface area contributed by atoms with Crippen LogP contribution in [0.3, 0.4) is 0 Å². The first-order valence-electron chi connectivity index (χ1n) is 11.3. The van der Waals surface area contributed by atoms with Crippen LogP contribution in [0, 0.1) is 0 Å². The summed E-state index contributed by atoms with van der Waals surface area (Å²) in [6, 6.07) is 19.6. The largest absolute Gasteiger partial charge is 0.368 e. The lowest BCUT2D eigenvalue weighted by atomic mass is 10.1. The van der Waals surface area contributed by atoms with Gasteiger partial charge in [0.05, 0.1) is 29.2 Å². The van der Waals surface area contributed by atoms with Gasteiger partial charge < -0.3 is 21.3 Å². The van der Waals surface area contributed by atoms with Crippen molar-refractivity contribution in [3.05, 3.63) is 94.0 Å². The molecule has 0 unspecified atom stereocenters. The Kier molecular flexibility index (Phi) is 7.87. The molecule has 0 aromatic heterocycles. The van der Waals surface area contributed by atoms with Crippen molar-refractivity contribution in [2.75, 3.05) is 36.8 Å². The average Bonchev–Trinajstić information content (AvgIpc) is 3.60. The average molecular weight is 523 g/mol. The highest BCUT2D eigenvalue weighted by molar-refractivity contribution is 6.38. The number of benzene rings is 3. The van der Waals surface area contributed by atoms with Gasteiger partial charge in [-0.1, -0.05) is 17.7 Å². The van der Waals surface area contributed by atoms with Crippen molar-refractivity contribution in [1.29, 1.82) is 0 Å². The zero-order valence-electron chi connectivity index (χ0n) is 19.2. The second kappa shape index (κ2) is 11.2. The Bertz CT molecular complexity index is 1240. The third-order valence-electron chi connectivity index (χ3n) is 5.67. The lowest BCUT2D eigenvalue weighted by Crippen LogP contribution is -2.20. The first-order valence-corrected chi connectivity index (χ1v) is 11.6. The van der Waals surface area contributed by atoms with Crippen LogP contribution in [-0.4, -0.2) is 49.7 Å². The highest BCUT2D eigenvalue weighted by Crippen LogP contribution is 2.24. The number of amidine groups is 2. The van der Waals surface area contributed by atoms with Crippen molar-refractivity contribution in [3.8, 4) is 0 Å². The van der Waals surface area contributed by atoms with Gasteiger partial charge in [-0.25, -0.2) is 0 Å². The summed E-state index contributed by atoms with van der Waals surface area (Å²) in [6.45, 7) is 3.17. The predicted molar refractivity (Wildman–Crippen MR) is 146 cm³/mol. The van der Waals surface area contributed by atoms with Crippen molar-refractivity contribution >= 4 is 58.9 Å². The number of rotatable bonds is 6. The van der Waals surface area contributed by atoms with Crippen LogP contribution in [0.2, 0.25) is 5.02 Å². The van der Waals surface area contributed by atoms with Crippen LogP contribution in [0.15, 0.2) is 76.7 Å². The summed E-state index contributed by atoms with van der Waals surface area (Å²) in [5, 5.41) is 12.2. The van der Waals surface area contributed by atoms with Gasteiger partial charge in [-0.2, -0.15) is 0 Å². The predicted octanol–water partition coefficient (Wildman–Crippen LogP) is 3.97. The Balaban J connectivity index is 0.00000304. The van der Waals surface area contributed by atoms with E-state index in [4.69, 9.17) is 11.6 Å². The van der Waals surface area contributed by atoms with Crippen LogP contribution in [0.4, 0.5) is 11.4 Å². The Labute approximate surface area is 219 Å². The normalized spacial score (nSPS) is 14.0. The number of nitrogens with zero attached hydrogens (tertiary/aromatic N) is 2. The van der Waals surface area contributed by atoms with Crippen LogP contribution < -0.4 is 21.3 Å². The number of aliphatic imine (C=N–C) groups is 2. The summed E-state index contributed by atoms with van der Waals surface area (Å²) in [5.74, 6) is 0.900. The molecule has 4 N–H and O–H groups in total. The molecule has 0 bridgehead atoms. The molecule has 0 saturated carbocycles. The van der Waals surface area contributed by atoms with E-state index in [1.54, 1.807) is 42.5 Å². The third-order valence-corrected chi connectivity index (χ3v) is 6.08. The number of nitrogens with one attached hydrogen (secondary N) is 4. The van der Waals surface area contributed by atoms with Gasteiger partial charge in [0.2, 0.25) is 0 Å². The third kappa shape index (κ3) is 5.50. The van der Waals surface area contributed by atoms with Crippen LogP contribution in [-0.2, 0) is 0 Å². The molecule has 0 atom stereocenters. The van der Waals surface area contributed by atoms with E-state index in [9.17, 15) is 9.59 Å². The fraction of sp³-hybridized carbons (Fsp3) is 0.154. The zero-order valence-corrected chi connectivity index (χ0v) is 20.7. The zero-order chi connectivity index (χ0) is 24.2. The van der Waals surface area contributed by atoms with Gasteiger partial charge in [-0.15, -0.1) is 12.4 Å². The van der Waals surface area contributed by atoms with E-state index in [0.717, 1.165) is 49.0 Å². The van der Waals surface area contributed by atoms with Gasteiger partial charge in [0.25, 0.3) is 11.8 Å². The van der Waals surface area contributed by atoms with E-state index in [1.807, 2.05) is 24.3 Å². The molecule has 2 heterocycles. The van der Waals surface area contributed by atoms with Crippen molar-refractivity contribution in [1.82, 2.24) is 10.6 Å². The molecule has 0 spiro atoms. The fourth-order valence-corrected chi connectivity index (χ4v) is 4.18. The molecular formula is C26H24Cl2N6O2. The second-order valence-electron chi connectivity index (χ2n) is 8.04. The highest BCUT2D eigenvalue weighted by Gasteiger charge is 2.19. The number of hydrogen-bond donors (Lipinski definition) is 4. The molecular weight excluding hydrogens is 499 g/mol. The molecule has 0 fully saturated rings. The van der Waals surface area contributed by atoms with E-state index in [-0.39, 0.29) is 28.6 Å². The van der Waals surface area contributed by atoms with Crippen LogP contribution in [0.1, 0.15) is 31.8 Å². The molecule has 2 aliphatic heterocycles. The van der Waals surface area contributed by atoms with E-state index >= 15 is 0 Å². The summed E-state index contributed by atoms with van der Waals surface area (Å²) < 4.78 is 0. The SMILES string of the molecule is Cl.O=C(Nc1ccc(C2=NCCN2)cc1)c1cccc(C(=O)Nc2ccc(C3=NCCN3)cc2)c1Cl. The van der Waals surface area contributed by atoms with Gasteiger partial charge in [-0.05, 0) is 60.7 Å². The fourth-order valence-electron chi connectivity index (χ4n) is 3.88. The number of amides is 2. The smallest absolute Gasteiger partial charge is 0.257 e. The topological polar surface area (TPSA) is 107 Å². The van der Waals surface area contributed by atoms with Crippen molar-refractivity contribution in [3.63, 3.8) is 0 Å². The first kappa shape index (κ1) is 25.2. The van der Waals surface area contributed by atoms with Crippen molar-refractivity contribution < 1.29 is 9.59 Å². The summed E-state index contributed by atoms with van der Waals surface area (Å²) in [7, 11) is 0. The highest BCUT2D eigenvalue weighted by atomic mass is 35.5. The molecule has 8 nitrogen and oxygen atoms in total. The minimum absolute atomic E-state index is 0. The van der Waals surface area contributed by atoms with E-state index < -0.39 is 11.8 Å². The first-order chi connectivity index (χ1) is 17.1. The molecule has 10 heteroatoms. The molecule has 184 valence electrons. The molecule has 2 aliphatic rings. The molecule has 0 radical (unpaired) electrons. The van der Waals surface area contributed by atoms with Crippen molar-refractivity contribution in [2.24, 2.45) is 9.98 Å². The van der Waals surface area contributed by atoms with Gasteiger partial charge in [0.1, 0.15) is 11.7 Å². The maximum absolute atomic E-state index is 12.9. The standard InChI is InChI=1S/C26H23ClN6O2.ClH/c27-22-20(25(34)32-18-8-4-16(5-9-18)23-28-12-13-29-23)2-1-3-21(22)26(35)33-19-10-6-17(7-11-19)24-30-14-15-31-24;/h1-11H,12-15H2,(H,28,29)(H,30,31)(H,32,34)(H,33,35);1H. The molecule has 36 heavy (non-hydrogen) atoms. The van der Waals surface area contributed by atoms with E-state index in [1.165, 1.54) is 0 Å². The number of anilines is 2. The van der Waals surface area contributed by atoms with Crippen LogP contribution >= 0.6 is 24.0 Å². The van der Waals surface area contributed by atoms with Gasteiger partial charge in [0.15, 0.2) is 0 Å². The van der Waals surface area contributed by atoms with Gasteiger partial charge >= 0.3 is 0 Å². The molecule has 3 aromatic rings. The molecule has 3 aromatic carbocycles. The van der Waals surface area contributed by atoms with Gasteiger partial charge in [0, 0.05) is 35.6 Å². The maximum Gasteiger partial charge on any atom is 0.257 e. The number of halogens is 2. The lowest BCUT2D eigenvalue weighted by molar-refractivity contribution is 0.102. The second-order valence-corrected chi connectivity index (χ2v) is 8.42. The molecule has 0 saturated heterocycles. The molecule has 5 rings (SSSR count). The summed E-state index contributed by atoms with van der Waals surface area (Å²) in [5.41, 5.74) is 3.57. The van der Waals surface area contributed by atoms with Gasteiger partial charge in [-0.3, -0.25) is 19.6 Å². The maximum atomic E-state index is 12.9. The van der Waals surface area contributed by atoms with E-state index in [2.05, 4.69) is 31.3 Å². The van der Waals surface area contributed by atoms with E-state index in [0.29, 0.717) is 11.4 Å². The number of hydrogen-bond acceptors (Lipinski definition) is 6. The van der Waals surface area contributed by atoms with Crippen molar-refractivity contribution in [2.45, 2.75) is 0 Å². The summed E-state index contributed by atoms with van der Waals surface area (Å²) in [6.07, 6.45) is 0. The Morgan fingerprint density at radius 2 is 1.11 bits per heavy atom. The minimum Gasteiger partial charge on any atom is -0.368 e. The Morgan fingerprint density at radius 3 is 1.47 bits per heavy atom. The molecule has 2 amide bonds. The van der Waals surface area contributed by atoms with Crippen LogP contribution in [0.5, 0.6) is 0 Å². The molecule has 0 aliphatic carbocycles. The minimum atomic E-state index is -0.400. The number of carbonyl (C=O) groups is 2. The summed E-state index contributed by atoms with van der Waals surface area (Å²) >= 11 is 6.48. The Hall–Kier alpha value is -3.88. The Morgan fingerprint density at radius 1 is 0.694 bits per heavy atom. The quantitative estimate of drug-likeness (QED) is 0.392. The van der Waals surface area contributed by atoms with Crippen LogP contribution in [0.25, 0.3) is 0 Å². The number of carbonyl (C=O) groups excluding carboxylic acids is 2. The summed E-state index contributed by atoms with van der Waals surface area (Å²) in [4.78, 5) is 34.6. The lowest BCUT2D eigenvalue weighted by Gasteiger charge is -2.12. The monoisotopic (exact) mass is 522 g/mol.